The van der Waals surface area contributed by atoms with Crippen LogP contribution in [0.4, 0.5) is 0 Å². The predicted molar refractivity (Wildman–Crippen MR) is 47.6 cm³/mol. The molecule has 1 fully saturated rings. The van der Waals surface area contributed by atoms with Crippen LogP contribution in [0.1, 0.15) is 31.5 Å². The zero-order valence-corrected chi connectivity index (χ0v) is 8.13. The van der Waals surface area contributed by atoms with Gasteiger partial charge < -0.3 is 4.57 Å². The Labute approximate surface area is 74.8 Å². The summed E-state index contributed by atoms with van der Waals surface area (Å²) in [4.78, 5) is 4.36. The zero-order chi connectivity index (χ0) is 7.84. The summed E-state index contributed by atoms with van der Waals surface area (Å²) in [6, 6.07) is 0. The van der Waals surface area contributed by atoms with Gasteiger partial charge in [0.05, 0.1) is 6.20 Å². The van der Waals surface area contributed by atoms with E-state index < -0.39 is 0 Å². The zero-order valence-electron chi connectivity index (χ0n) is 6.55. The van der Waals surface area contributed by atoms with Gasteiger partial charge in [-0.05, 0) is 35.7 Å². The third kappa shape index (κ3) is 1.22. The average molecular weight is 215 g/mol. The van der Waals surface area contributed by atoms with Crippen molar-refractivity contribution >= 4 is 15.9 Å². The first kappa shape index (κ1) is 7.35. The van der Waals surface area contributed by atoms with E-state index in [1.54, 1.807) is 0 Å². The fourth-order valence-corrected chi connectivity index (χ4v) is 1.88. The summed E-state index contributed by atoms with van der Waals surface area (Å²) in [5.41, 5.74) is 0. The normalized spacial score (nSPS) is 17.3. The number of nitrogens with zero attached hydrogens (tertiary/aromatic N) is 2. The SMILES string of the molecule is CCn1c(Br)cnc1C1CC1. The highest BCUT2D eigenvalue weighted by Crippen LogP contribution is 2.39. The summed E-state index contributed by atoms with van der Waals surface area (Å²) in [5, 5.41) is 0. The van der Waals surface area contributed by atoms with E-state index in [1.165, 1.54) is 18.7 Å². The number of hydrogen-bond donors (Lipinski definition) is 0. The molecule has 0 saturated heterocycles. The Kier molecular flexibility index (Phi) is 1.75. The first-order valence-corrected chi connectivity index (χ1v) is 4.83. The first-order chi connectivity index (χ1) is 5.33. The van der Waals surface area contributed by atoms with Crippen molar-refractivity contribution in [3.8, 4) is 0 Å². The van der Waals surface area contributed by atoms with Gasteiger partial charge in [-0.25, -0.2) is 4.98 Å². The Balaban J connectivity index is 2.36. The van der Waals surface area contributed by atoms with E-state index in [4.69, 9.17) is 0 Å². The minimum Gasteiger partial charge on any atom is -0.323 e. The average Bonchev–Trinajstić information content (AvgIpc) is 2.76. The molecule has 0 aromatic carbocycles. The lowest BCUT2D eigenvalue weighted by Gasteiger charge is -2.03. The van der Waals surface area contributed by atoms with Gasteiger partial charge in [0.15, 0.2) is 0 Å². The summed E-state index contributed by atoms with van der Waals surface area (Å²) in [6.07, 6.45) is 4.55. The van der Waals surface area contributed by atoms with E-state index in [0.29, 0.717) is 0 Å². The minimum absolute atomic E-state index is 0.751. The smallest absolute Gasteiger partial charge is 0.112 e. The number of aromatic nitrogens is 2. The van der Waals surface area contributed by atoms with Crippen molar-refractivity contribution in [3.63, 3.8) is 0 Å². The maximum Gasteiger partial charge on any atom is 0.112 e. The van der Waals surface area contributed by atoms with Crippen molar-refractivity contribution in [2.45, 2.75) is 32.2 Å². The molecular formula is C8H11BrN2. The van der Waals surface area contributed by atoms with Crippen LogP contribution >= 0.6 is 15.9 Å². The van der Waals surface area contributed by atoms with Gasteiger partial charge in [0.2, 0.25) is 0 Å². The lowest BCUT2D eigenvalue weighted by molar-refractivity contribution is 0.688. The van der Waals surface area contributed by atoms with Gasteiger partial charge in [0.1, 0.15) is 10.4 Å². The van der Waals surface area contributed by atoms with Crippen molar-refractivity contribution in [2.75, 3.05) is 0 Å². The quantitative estimate of drug-likeness (QED) is 0.741. The molecule has 1 saturated carbocycles. The lowest BCUT2D eigenvalue weighted by atomic mass is 10.4. The molecule has 11 heavy (non-hydrogen) atoms. The van der Waals surface area contributed by atoms with Crippen molar-refractivity contribution in [1.82, 2.24) is 9.55 Å². The van der Waals surface area contributed by atoms with Crippen LogP contribution in [-0.2, 0) is 6.54 Å². The summed E-state index contributed by atoms with van der Waals surface area (Å²) in [5.74, 6) is 2.01. The van der Waals surface area contributed by atoms with Gasteiger partial charge in [-0.2, -0.15) is 0 Å². The Bertz CT molecular complexity index is 263. The van der Waals surface area contributed by atoms with Crippen LogP contribution in [-0.4, -0.2) is 9.55 Å². The van der Waals surface area contributed by atoms with E-state index in [0.717, 1.165) is 17.1 Å². The molecule has 2 nitrogen and oxygen atoms in total. The van der Waals surface area contributed by atoms with Gasteiger partial charge in [0, 0.05) is 12.5 Å². The van der Waals surface area contributed by atoms with Crippen molar-refractivity contribution in [3.05, 3.63) is 16.6 Å². The van der Waals surface area contributed by atoms with Crippen molar-refractivity contribution in [1.29, 1.82) is 0 Å². The van der Waals surface area contributed by atoms with Crippen LogP contribution in [0, 0.1) is 0 Å². The van der Waals surface area contributed by atoms with Crippen LogP contribution in [0.3, 0.4) is 0 Å². The molecule has 0 bridgehead atoms. The summed E-state index contributed by atoms with van der Waals surface area (Å²) in [6.45, 7) is 3.17. The van der Waals surface area contributed by atoms with E-state index >= 15 is 0 Å². The molecule has 1 aromatic rings. The molecule has 3 heteroatoms. The maximum absolute atomic E-state index is 4.36. The van der Waals surface area contributed by atoms with Crippen LogP contribution in [0.15, 0.2) is 10.8 Å². The molecule has 60 valence electrons. The number of imidazole rings is 1. The topological polar surface area (TPSA) is 17.8 Å². The van der Waals surface area contributed by atoms with E-state index in [-0.39, 0.29) is 0 Å². The molecule has 0 amide bonds. The summed E-state index contributed by atoms with van der Waals surface area (Å²) < 4.78 is 3.35. The van der Waals surface area contributed by atoms with Crippen LogP contribution in [0.5, 0.6) is 0 Å². The molecule has 2 rings (SSSR count). The number of hydrogen-bond acceptors (Lipinski definition) is 1. The second-order valence-corrected chi connectivity index (χ2v) is 3.77. The van der Waals surface area contributed by atoms with Crippen LogP contribution in [0.25, 0.3) is 0 Å². The first-order valence-electron chi connectivity index (χ1n) is 4.04. The second-order valence-electron chi connectivity index (χ2n) is 2.96. The highest BCUT2D eigenvalue weighted by Gasteiger charge is 2.28. The highest BCUT2D eigenvalue weighted by molar-refractivity contribution is 9.10. The Morgan fingerprint density at radius 1 is 1.73 bits per heavy atom. The monoisotopic (exact) mass is 214 g/mol. The third-order valence-electron chi connectivity index (χ3n) is 2.10. The van der Waals surface area contributed by atoms with Crippen LogP contribution < -0.4 is 0 Å². The molecule has 0 radical (unpaired) electrons. The van der Waals surface area contributed by atoms with E-state index in [9.17, 15) is 0 Å². The minimum atomic E-state index is 0.751. The van der Waals surface area contributed by atoms with Crippen molar-refractivity contribution in [2.24, 2.45) is 0 Å². The van der Waals surface area contributed by atoms with Gasteiger partial charge in [0.25, 0.3) is 0 Å². The maximum atomic E-state index is 4.36. The molecule has 1 aromatic heterocycles. The van der Waals surface area contributed by atoms with Crippen molar-refractivity contribution < 1.29 is 0 Å². The van der Waals surface area contributed by atoms with Gasteiger partial charge in [-0.3, -0.25) is 0 Å². The molecule has 1 aliphatic carbocycles. The predicted octanol–water partition coefficient (Wildman–Crippen LogP) is 2.54. The lowest BCUT2D eigenvalue weighted by Crippen LogP contribution is -1.99. The number of halogens is 1. The molecule has 0 aliphatic heterocycles. The van der Waals surface area contributed by atoms with E-state index in [1.807, 2.05) is 6.20 Å². The Morgan fingerprint density at radius 2 is 2.45 bits per heavy atom. The second kappa shape index (κ2) is 2.63. The standard InChI is InChI=1S/C8H11BrN2/c1-2-11-7(9)5-10-8(11)6-3-4-6/h5-6H,2-4H2,1H3. The van der Waals surface area contributed by atoms with Crippen LogP contribution in [0.2, 0.25) is 0 Å². The molecule has 0 N–H and O–H groups in total. The van der Waals surface area contributed by atoms with Gasteiger partial charge in [-0.1, -0.05) is 0 Å². The molecule has 0 unspecified atom stereocenters. The number of rotatable bonds is 2. The molecule has 1 heterocycles. The fourth-order valence-electron chi connectivity index (χ4n) is 1.35. The Morgan fingerprint density at radius 3 is 3.00 bits per heavy atom. The van der Waals surface area contributed by atoms with Gasteiger partial charge >= 0.3 is 0 Å². The summed E-state index contributed by atoms with van der Waals surface area (Å²) >= 11 is 3.47. The Hall–Kier alpha value is -0.310. The van der Waals surface area contributed by atoms with Gasteiger partial charge in [-0.15, -0.1) is 0 Å². The largest absolute Gasteiger partial charge is 0.323 e. The summed E-state index contributed by atoms with van der Waals surface area (Å²) in [7, 11) is 0. The third-order valence-corrected chi connectivity index (χ3v) is 2.73. The molecule has 0 atom stereocenters. The fraction of sp³-hybridized carbons (Fsp3) is 0.625. The molecule has 1 aliphatic rings. The molecule has 0 spiro atoms. The molecular weight excluding hydrogens is 204 g/mol. The van der Waals surface area contributed by atoms with E-state index in [2.05, 4.69) is 32.4 Å². The highest BCUT2D eigenvalue weighted by atomic mass is 79.9.